The van der Waals surface area contributed by atoms with E-state index in [2.05, 4.69) is 75.8 Å². The van der Waals surface area contributed by atoms with Crippen molar-refractivity contribution in [3.05, 3.63) is 41.7 Å². The second-order valence-electron chi connectivity index (χ2n) is 7.83. The number of hydrogen-bond acceptors (Lipinski definition) is 1. The van der Waals surface area contributed by atoms with Crippen LogP contribution in [0.2, 0.25) is 0 Å². The Morgan fingerprint density at radius 2 is 1.75 bits per heavy atom. The molecule has 2 heteroatoms. The maximum atomic E-state index is 4.53. The van der Waals surface area contributed by atoms with E-state index in [4.69, 9.17) is 0 Å². The average molecular weight is 270 g/mol. The number of aromatic amines is 1. The number of rotatable bonds is 2. The van der Waals surface area contributed by atoms with Crippen LogP contribution in [-0.4, -0.2) is 9.97 Å². The van der Waals surface area contributed by atoms with Crippen molar-refractivity contribution in [2.75, 3.05) is 0 Å². The van der Waals surface area contributed by atoms with Crippen LogP contribution < -0.4 is 0 Å². The summed E-state index contributed by atoms with van der Waals surface area (Å²) in [4.78, 5) is 7.98. The standard InChI is InChI=1S/C18H26N2/c1-17(2,3)11-13-8-7-9-14(10-13)16-19-12-15(20-16)18(4,5)6/h7-10,12H,11H2,1-6H3,(H,19,20). The number of nitrogens with zero attached hydrogens (tertiary/aromatic N) is 1. The second kappa shape index (κ2) is 5.08. The SMILES string of the molecule is CC(C)(C)Cc1cccc(-c2ncc(C(C)(C)C)[nH]2)c1. The number of hydrogen-bond donors (Lipinski definition) is 1. The Morgan fingerprint density at radius 3 is 2.30 bits per heavy atom. The van der Waals surface area contributed by atoms with Gasteiger partial charge in [0.15, 0.2) is 0 Å². The van der Waals surface area contributed by atoms with E-state index < -0.39 is 0 Å². The fraction of sp³-hybridized carbons (Fsp3) is 0.500. The molecule has 0 aliphatic heterocycles. The fourth-order valence-electron chi connectivity index (χ4n) is 2.29. The minimum Gasteiger partial charge on any atom is -0.341 e. The Bertz CT molecular complexity index is 580. The largest absolute Gasteiger partial charge is 0.341 e. The maximum absolute atomic E-state index is 4.53. The molecule has 2 nitrogen and oxygen atoms in total. The van der Waals surface area contributed by atoms with Gasteiger partial charge >= 0.3 is 0 Å². The first kappa shape index (κ1) is 14.8. The molecule has 0 aliphatic rings. The predicted molar refractivity (Wildman–Crippen MR) is 85.9 cm³/mol. The number of nitrogens with one attached hydrogen (secondary N) is 1. The van der Waals surface area contributed by atoms with Gasteiger partial charge in [-0.1, -0.05) is 59.7 Å². The quantitative estimate of drug-likeness (QED) is 0.820. The molecule has 0 bridgehead atoms. The van der Waals surface area contributed by atoms with Crippen molar-refractivity contribution in [1.29, 1.82) is 0 Å². The van der Waals surface area contributed by atoms with Gasteiger partial charge in [0, 0.05) is 22.9 Å². The van der Waals surface area contributed by atoms with Gasteiger partial charge in [-0.2, -0.15) is 0 Å². The molecule has 0 saturated heterocycles. The lowest BCUT2D eigenvalue weighted by Gasteiger charge is -2.18. The van der Waals surface area contributed by atoms with E-state index in [0.717, 1.165) is 12.2 Å². The first-order valence-corrected chi connectivity index (χ1v) is 7.30. The molecule has 0 unspecified atom stereocenters. The lowest BCUT2D eigenvalue weighted by atomic mass is 9.88. The van der Waals surface area contributed by atoms with Crippen molar-refractivity contribution in [2.24, 2.45) is 5.41 Å². The van der Waals surface area contributed by atoms with E-state index in [1.807, 2.05) is 6.20 Å². The van der Waals surface area contributed by atoms with E-state index in [1.54, 1.807) is 0 Å². The summed E-state index contributed by atoms with van der Waals surface area (Å²) in [5, 5.41) is 0. The molecule has 2 aromatic rings. The minimum atomic E-state index is 0.105. The highest BCUT2D eigenvalue weighted by molar-refractivity contribution is 5.56. The van der Waals surface area contributed by atoms with Gasteiger partial charge in [0.25, 0.3) is 0 Å². The molecule has 2 rings (SSSR count). The molecule has 1 N–H and O–H groups in total. The Morgan fingerprint density at radius 1 is 1.05 bits per heavy atom. The third-order valence-corrected chi connectivity index (χ3v) is 3.32. The Labute approximate surface area is 122 Å². The highest BCUT2D eigenvalue weighted by Gasteiger charge is 2.17. The van der Waals surface area contributed by atoms with Crippen LogP contribution in [-0.2, 0) is 11.8 Å². The zero-order valence-electron chi connectivity index (χ0n) is 13.5. The van der Waals surface area contributed by atoms with Gasteiger partial charge in [-0.25, -0.2) is 4.98 Å². The van der Waals surface area contributed by atoms with Gasteiger partial charge in [0.2, 0.25) is 0 Å². The van der Waals surface area contributed by atoms with Gasteiger partial charge in [0.1, 0.15) is 5.82 Å². The summed E-state index contributed by atoms with van der Waals surface area (Å²) in [5.41, 5.74) is 4.12. The van der Waals surface area contributed by atoms with Crippen LogP contribution >= 0.6 is 0 Å². The molecule has 0 amide bonds. The van der Waals surface area contributed by atoms with Gasteiger partial charge in [-0.05, 0) is 23.5 Å². The summed E-state index contributed by atoms with van der Waals surface area (Å²) in [5.74, 6) is 0.964. The van der Waals surface area contributed by atoms with Crippen molar-refractivity contribution in [3.63, 3.8) is 0 Å². The molecule has 0 aliphatic carbocycles. The molecule has 0 saturated carbocycles. The first-order valence-electron chi connectivity index (χ1n) is 7.30. The zero-order valence-corrected chi connectivity index (χ0v) is 13.5. The van der Waals surface area contributed by atoms with Gasteiger partial charge < -0.3 is 4.98 Å². The third-order valence-electron chi connectivity index (χ3n) is 3.32. The Kier molecular flexibility index (Phi) is 3.77. The molecule has 20 heavy (non-hydrogen) atoms. The number of aromatic nitrogens is 2. The summed E-state index contributed by atoms with van der Waals surface area (Å²) in [7, 11) is 0. The minimum absolute atomic E-state index is 0.105. The molecular formula is C18H26N2. The smallest absolute Gasteiger partial charge is 0.137 e. The van der Waals surface area contributed by atoms with Crippen LogP contribution in [0.4, 0.5) is 0 Å². The number of benzene rings is 1. The highest BCUT2D eigenvalue weighted by Crippen LogP contribution is 2.26. The summed E-state index contributed by atoms with van der Waals surface area (Å²) in [6.07, 6.45) is 3.03. The van der Waals surface area contributed by atoms with Gasteiger partial charge in [-0.3, -0.25) is 0 Å². The van der Waals surface area contributed by atoms with E-state index in [1.165, 1.54) is 16.8 Å². The van der Waals surface area contributed by atoms with Crippen LogP contribution in [0.25, 0.3) is 11.4 Å². The summed E-state index contributed by atoms with van der Waals surface area (Å²) in [6.45, 7) is 13.4. The van der Waals surface area contributed by atoms with Gasteiger partial charge in [0.05, 0.1) is 0 Å². The first-order chi connectivity index (χ1) is 9.15. The van der Waals surface area contributed by atoms with Crippen LogP contribution in [0, 0.1) is 5.41 Å². The second-order valence-corrected chi connectivity index (χ2v) is 7.83. The van der Waals surface area contributed by atoms with Crippen molar-refractivity contribution in [3.8, 4) is 11.4 Å². The number of H-pyrrole nitrogens is 1. The van der Waals surface area contributed by atoms with Crippen molar-refractivity contribution in [1.82, 2.24) is 9.97 Å². The van der Waals surface area contributed by atoms with Crippen LogP contribution in [0.15, 0.2) is 30.5 Å². The topological polar surface area (TPSA) is 28.7 Å². The molecule has 0 fully saturated rings. The van der Waals surface area contributed by atoms with E-state index in [0.29, 0.717) is 5.41 Å². The molecule has 0 atom stereocenters. The van der Waals surface area contributed by atoms with E-state index in [-0.39, 0.29) is 5.41 Å². The highest BCUT2D eigenvalue weighted by atomic mass is 14.9. The predicted octanol–water partition coefficient (Wildman–Crippen LogP) is 4.96. The molecule has 1 aromatic heterocycles. The average Bonchev–Trinajstić information content (AvgIpc) is 2.75. The van der Waals surface area contributed by atoms with Crippen LogP contribution in [0.5, 0.6) is 0 Å². The normalized spacial score (nSPS) is 12.7. The lowest BCUT2D eigenvalue weighted by molar-refractivity contribution is 0.411. The maximum Gasteiger partial charge on any atom is 0.137 e. The zero-order chi connectivity index (χ0) is 15.0. The van der Waals surface area contributed by atoms with Crippen LogP contribution in [0.1, 0.15) is 52.8 Å². The molecule has 108 valence electrons. The van der Waals surface area contributed by atoms with Crippen molar-refractivity contribution in [2.45, 2.75) is 53.4 Å². The van der Waals surface area contributed by atoms with Crippen LogP contribution in [0.3, 0.4) is 0 Å². The number of imidazole rings is 1. The van der Waals surface area contributed by atoms with Crippen molar-refractivity contribution < 1.29 is 0 Å². The third kappa shape index (κ3) is 3.72. The molecule has 0 spiro atoms. The lowest BCUT2D eigenvalue weighted by Crippen LogP contribution is -2.11. The molecule has 1 heterocycles. The van der Waals surface area contributed by atoms with Crippen molar-refractivity contribution >= 4 is 0 Å². The molecule has 0 radical (unpaired) electrons. The van der Waals surface area contributed by atoms with E-state index >= 15 is 0 Å². The summed E-state index contributed by atoms with van der Waals surface area (Å²) >= 11 is 0. The fourth-order valence-corrected chi connectivity index (χ4v) is 2.29. The van der Waals surface area contributed by atoms with E-state index in [9.17, 15) is 0 Å². The summed E-state index contributed by atoms with van der Waals surface area (Å²) in [6, 6.07) is 8.69. The summed E-state index contributed by atoms with van der Waals surface area (Å²) < 4.78 is 0. The monoisotopic (exact) mass is 270 g/mol. The molecule has 1 aromatic carbocycles. The van der Waals surface area contributed by atoms with Gasteiger partial charge in [-0.15, -0.1) is 0 Å². The Hall–Kier alpha value is -1.57. The molecular weight excluding hydrogens is 244 g/mol. The Balaban J connectivity index is 2.29.